The number of amides is 1. The minimum absolute atomic E-state index is 0.0484. The van der Waals surface area contributed by atoms with Crippen LogP contribution >= 0.6 is 15.9 Å². The molecular weight excluding hydrogens is 344 g/mol. The van der Waals surface area contributed by atoms with Crippen molar-refractivity contribution in [3.63, 3.8) is 0 Å². The number of benzene rings is 1. The van der Waals surface area contributed by atoms with Gasteiger partial charge in [-0.15, -0.1) is 0 Å². The maximum Gasteiger partial charge on any atom is 0.271 e. The number of alkyl halides is 1. The number of carbonyl (C=O) groups excluding carboxylic acids is 2. The maximum atomic E-state index is 12.9. The molecule has 5 heteroatoms. The molecule has 0 unspecified atom stereocenters. The Labute approximate surface area is 137 Å². The second-order valence-electron chi connectivity index (χ2n) is 5.35. The molecule has 3 rings (SSSR count). The first-order valence-electron chi connectivity index (χ1n) is 7.32. The lowest BCUT2D eigenvalue weighted by Crippen LogP contribution is -2.32. The van der Waals surface area contributed by atoms with Crippen LogP contribution in [-0.2, 0) is 13.1 Å². The molecule has 1 aliphatic rings. The summed E-state index contributed by atoms with van der Waals surface area (Å²) in [5.41, 5.74) is 2.16. The monoisotopic (exact) mass is 360 g/mol. The zero-order chi connectivity index (χ0) is 15.5. The molecule has 0 bridgehead atoms. The summed E-state index contributed by atoms with van der Waals surface area (Å²) < 4.78 is 1.87. The summed E-state index contributed by atoms with van der Waals surface area (Å²) in [5, 5.41) is 0.744. The van der Waals surface area contributed by atoms with Crippen molar-refractivity contribution >= 4 is 27.6 Å². The van der Waals surface area contributed by atoms with E-state index in [0.29, 0.717) is 37.3 Å². The second-order valence-corrected chi connectivity index (χ2v) is 6.14. The minimum atomic E-state index is -0.0596. The second kappa shape index (κ2) is 6.48. The largest absolute Gasteiger partial charge is 0.342 e. The van der Waals surface area contributed by atoms with Crippen LogP contribution in [0.2, 0.25) is 0 Å². The average Bonchev–Trinajstić information content (AvgIpc) is 2.91. The van der Waals surface area contributed by atoms with Gasteiger partial charge in [-0.2, -0.15) is 0 Å². The first-order chi connectivity index (χ1) is 10.7. The molecule has 4 nitrogen and oxygen atoms in total. The average molecular weight is 361 g/mol. The van der Waals surface area contributed by atoms with E-state index in [0.717, 1.165) is 10.9 Å². The van der Waals surface area contributed by atoms with E-state index >= 15 is 0 Å². The molecule has 2 heterocycles. The highest BCUT2D eigenvalue weighted by Crippen LogP contribution is 2.22. The van der Waals surface area contributed by atoms with E-state index in [4.69, 9.17) is 0 Å². The van der Waals surface area contributed by atoms with Crippen molar-refractivity contribution in [3.8, 4) is 0 Å². The number of rotatable bonds is 4. The van der Waals surface area contributed by atoms with Gasteiger partial charge in [0.1, 0.15) is 5.69 Å². The molecule has 0 fully saturated rings. The zero-order valence-corrected chi connectivity index (χ0v) is 13.8. The smallest absolute Gasteiger partial charge is 0.271 e. The van der Waals surface area contributed by atoms with Crippen molar-refractivity contribution in [2.24, 2.45) is 0 Å². The van der Waals surface area contributed by atoms with Crippen LogP contribution < -0.4 is 0 Å². The van der Waals surface area contributed by atoms with E-state index in [9.17, 15) is 9.59 Å². The highest BCUT2D eigenvalue weighted by molar-refractivity contribution is 9.09. The van der Waals surface area contributed by atoms with Gasteiger partial charge in [0, 0.05) is 43.1 Å². The summed E-state index contributed by atoms with van der Waals surface area (Å²) in [4.78, 5) is 26.9. The van der Waals surface area contributed by atoms with Crippen LogP contribution in [0.5, 0.6) is 0 Å². The van der Waals surface area contributed by atoms with Crippen molar-refractivity contribution in [1.82, 2.24) is 9.47 Å². The first kappa shape index (κ1) is 15.0. The Bertz CT molecular complexity index is 694. The Morgan fingerprint density at radius 3 is 2.59 bits per heavy atom. The van der Waals surface area contributed by atoms with Gasteiger partial charge in [-0.1, -0.05) is 46.3 Å². The van der Waals surface area contributed by atoms with E-state index in [2.05, 4.69) is 15.9 Å². The quantitative estimate of drug-likeness (QED) is 0.786. The molecular formula is C17H17BrN2O2. The number of fused-ring (bicyclic) bond motifs is 1. The Hall–Kier alpha value is -1.88. The van der Waals surface area contributed by atoms with Gasteiger partial charge in [-0.25, -0.2) is 0 Å². The molecule has 0 spiro atoms. The van der Waals surface area contributed by atoms with Crippen LogP contribution in [0.3, 0.4) is 0 Å². The number of hydrogen-bond acceptors (Lipinski definition) is 2. The molecule has 0 saturated carbocycles. The van der Waals surface area contributed by atoms with Crippen molar-refractivity contribution < 1.29 is 9.59 Å². The summed E-state index contributed by atoms with van der Waals surface area (Å²) in [5.74, 6) is -0.0112. The van der Waals surface area contributed by atoms with Gasteiger partial charge >= 0.3 is 0 Å². The molecule has 0 radical (unpaired) electrons. The predicted octanol–water partition coefficient (Wildman–Crippen LogP) is 3.11. The van der Waals surface area contributed by atoms with Crippen LogP contribution in [0.15, 0.2) is 42.6 Å². The number of ketones is 1. The Morgan fingerprint density at radius 2 is 1.86 bits per heavy atom. The van der Waals surface area contributed by atoms with E-state index < -0.39 is 0 Å². The van der Waals surface area contributed by atoms with E-state index in [1.54, 1.807) is 11.0 Å². The van der Waals surface area contributed by atoms with E-state index in [1.807, 2.05) is 41.1 Å². The lowest BCUT2D eigenvalue weighted by molar-refractivity contribution is 0.0736. The third-order valence-electron chi connectivity index (χ3n) is 3.90. The van der Waals surface area contributed by atoms with Gasteiger partial charge in [-0.05, 0) is 11.6 Å². The van der Waals surface area contributed by atoms with Gasteiger partial charge < -0.3 is 9.47 Å². The lowest BCUT2D eigenvalue weighted by atomic mass is 10.1. The highest BCUT2D eigenvalue weighted by atomic mass is 79.9. The van der Waals surface area contributed by atoms with Gasteiger partial charge in [-0.3, -0.25) is 9.59 Å². The van der Waals surface area contributed by atoms with Crippen molar-refractivity contribution in [2.75, 3.05) is 11.9 Å². The Kier molecular flexibility index (Phi) is 4.43. The number of aromatic nitrogens is 1. The van der Waals surface area contributed by atoms with E-state index in [-0.39, 0.29) is 11.7 Å². The fourth-order valence-corrected chi connectivity index (χ4v) is 3.17. The van der Waals surface area contributed by atoms with Crippen LogP contribution in [0, 0.1) is 0 Å². The van der Waals surface area contributed by atoms with Crippen LogP contribution in [-0.4, -0.2) is 33.0 Å². The van der Waals surface area contributed by atoms with Gasteiger partial charge in [0.15, 0.2) is 5.78 Å². The predicted molar refractivity (Wildman–Crippen MR) is 88.4 cm³/mol. The molecule has 1 aliphatic heterocycles. The van der Waals surface area contributed by atoms with Gasteiger partial charge in [0.25, 0.3) is 5.91 Å². The zero-order valence-electron chi connectivity index (χ0n) is 12.2. The summed E-state index contributed by atoms with van der Waals surface area (Å²) >= 11 is 3.39. The standard InChI is InChI=1S/C17H17BrN2O2/c18-8-11-19-9-6-14-15(21)7-10-20(17(22)16(14)19)12-13-4-2-1-3-5-13/h1-6,9H,7-8,10-12H2. The number of Topliss-reactive ketones (excluding diaryl/α,β-unsaturated/α-hetero) is 1. The Morgan fingerprint density at radius 1 is 1.09 bits per heavy atom. The molecule has 1 aromatic carbocycles. The summed E-state index contributed by atoms with van der Waals surface area (Å²) in [6.45, 7) is 1.68. The molecule has 0 N–H and O–H groups in total. The van der Waals surface area contributed by atoms with Crippen LogP contribution in [0.25, 0.3) is 0 Å². The van der Waals surface area contributed by atoms with E-state index in [1.165, 1.54) is 0 Å². The molecule has 1 amide bonds. The minimum Gasteiger partial charge on any atom is -0.342 e. The number of halogens is 1. The SMILES string of the molecule is O=C1CCN(Cc2ccccc2)C(=O)c2c1ccn2CCBr. The molecule has 0 aliphatic carbocycles. The molecule has 0 saturated heterocycles. The van der Waals surface area contributed by atoms with Crippen molar-refractivity contribution in [1.29, 1.82) is 0 Å². The van der Waals surface area contributed by atoms with Gasteiger partial charge in [0.2, 0.25) is 0 Å². The summed E-state index contributed by atoms with van der Waals surface area (Å²) in [6, 6.07) is 11.6. The summed E-state index contributed by atoms with van der Waals surface area (Å²) in [7, 11) is 0. The lowest BCUT2D eigenvalue weighted by Gasteiger charge is -2.21. The van der Waals surface area contributed by atoms with Gasteiger partial charge in [0.05, 0.1) is 0 Å². The molecule has 114 valence electrons. The fourth-order valence-electron chi connectivity index (χ4n) is 2.79. The summed E-state index contributed by atoms with van der Waals surface area (Å²) in [6.07, 6.45) is 2.21. The van der Waals surface area contributed by atoms with Crippen molar-refractivity contribution in [2.45, 2.75) is 19.5 Å². The van der Waals surface area contributed by atoms with Crippen LogP contribution in [0.4, 0.5) is 0 Å². The highest BCUT2D eigenvalue weighted by Gasteiger charge is 2.29. The number of carbonyl (C=O) groups is 2. The number of aryl methyl sites for hydroxylation is 1. The normalized spacial score (nSPS) is 14.9. The number of nitrogens with zero attached hydrogens (tertiary/aromatic N) is 2. The number of hydrogen-bond donors (Lipinski definition) is 0. The maximum absolute atomic E-state index is 12.9. The molecule has 2 aromatic rings. The third-order valence-corrected chi connectivity index (χ3v) is 4.26. The molecule has 0 atom stereocenters. The van der Waals surface area contributed by atoms with Crippen molar-refractivity contribution in [3.05, 3.63) is 59.4 Å². The fraction of sp³-hybridized carbons (Fsp3) is 0.294. The Balaban J connectivity index is 1.93. The molecule has 1 aromatic heterocycles. The molecule has 22 heavy (non-hydrogen) atoms. The van der Waals surface area contributed by atoms with Crippen LogP contribution in [0.1, 0.15) is 32.8 Å². The topological polar surface area (TPSA) is 42.3 Å². The first-order valence-corrected chi connectivity index (χ1v) is 8.44. The third kappa shape index (κ3) is 2.86.